The van der Waals surface area contributed by atoms with Gasteiger partial charge in [-0.05, 0) is 37.7 Å². The van der Waals surface area contributed by atoms with E-state index in [-0.39, 0.29) is 34.9 Å². The van der Waals surface area contributed by atoms with E-state index >= 15 is 0 Å². The van der Waals surface area contributed by atoms with E-state index in [2.05, 4.69) is 52.4 Å². The molecule has 7 nitrogen and oxygen atoms in total. The summed E-state index contributed by atoms with van der Waals surface area (Å²) in [6.45, 7) is 16.3. The second kappa shape index (κ2) is 20.1. The first-order chi connectivity index (χ1) is 17.1. The number of rotatable bonds is 18. The van der Waals surface area contributed by atoms with Gasteiger partial charge < -0.3 is 23.1 Å². The number of Topliss-reactive ketones (excluding diaryl/α,β-unsaturated/α-hetero) is 1. The van der Waals surface area contributed by atoms with Gasteiger partial charge in [0.1, 0.15) is 12.4 Å². The highest BCUT2D eigenvalue weighted by Gasteiger charge is 2.35. The quantitative estimate of drug-likeness (QED) is 0.126. The number of carbonyl (C=O) groups excluding carboxylic acids is 2. The number of allylic oxidation sites excluding steroid dienone is 2. The monoisotopic (exact) mass is 534 g/mol. The van der Waals surface area contributed by atoms with Crippen LogP contribution in [0.25, 0.3) is 0 Å². The summed E-state index contributed by atoms with van der Waals surface area (Å²) in [5.74, 6) is 0.0660. The van der Waals surface area contributed by atoms with E-state index < -0.39 is 10.3 Å². The van der Waals surface area contributed by atoms with Crippen LogP contribution in [-0.2, 0) is 32.7 Å². The number of hydrogen-bond donors (Lipinski definition) is 0. The van der Waals surface area contributed by atoms with Gasteiger partial charge in [0.25, 0.3) is 0 Å². The van der Waals surface area contributed by atoms with Gasteiger partial charge in [-0.15, -0.1) is 10.3 Å². The summed E-state index contributed by atoms with van der Waals surface area (Å²) < 4.78 is 27.9. The second-order valence-corrected chi connectivity index (χ2v) is 13.8. The van der Waals surface area contributed by atoms with Crippen molar-refractivity contribution < 1.29 is 32.7 Å². The van der Waals surface area contributed by atoms with E-state index in [1.54, 1.807) is 0 Å². The van der Waals surface area contributed by atoms with Gasteiger partial charge in [-0.1, -0.05) is 53.7 Å². The third-order valence-electron chi connectivity index (χ3n) is 6.28. The molecule has 0 heterocycles. The molecule has 0 bridgehead atoms. The van der Waals surface area contributed by atoms with Gasteiger partial charge in [0.15, 0.2) is 0 Å². The fourth-order valence-electron chi connectivity index (χ4n) is 3.46. The lowest BCUT2D eigenvalue weighted by atomic mass is 9.89. The van der Waals surface area contributed by atoms with Gasteiger partial charge in [0, 0.05) is 23.5 Å². The molecule has 0 aromatic carbocycles. The van der Waals surface area contributed by atoms with Crippen molar-refractivity contribution in [3.05, 3.63) is 12.2 Å². The maximum atomic E-state index is 12.1. The molecule has 0 radical (unpaired) electrons. The first-order valence-corrected chi connectivity index (χ1v) is 15.9. The molecule has 2 atom stereocenters. The zero-order valence-electron chi connectivity index (χ0n) is 24.3. The SMILES string of the molecule is CC.CC/C=C\CC1C(=O)CCC1CC(=O)OCCOCCOCCOCCOS(C)(C)C(C)(C)C. The van der Waals surface area contributed by atoms with Crippen molar-refractivity contribution in [3.8, 4) is 0 Å². The summed E-state index contributed by atoms with van der Waals surface area (Å²) in [6, 6.07) is 0. The molecule has 0 amide bonds. The molecule has 0 aromatic heterocycles. The smallest absolute Gasteiger partial charge is 0.306 e. The van der Waals surface area contributed by atoms with E-state index in [1.165, 1.54) is 0 Å². The van der Waals surface area contributed by atoms with Crippen molar-refractivity contribution in [3.63, 3.8) is 0 Å². The molecule has 1 aliphatic rings. The number of carbonyl (C=O) groups is 2. The summed E-state index contributed by atoms with van der Waals surface area (Å²) in [4.78, 5) is 24.2. The molecule has 0 aliphatic heterocycles. The third kappa shape index (κ3) is 15.4. The van der Waals surface area contributed by atoms with Crippen LogP contribution in [0.15, 0.2) is 12.2 Å². The third-order valence-corrected chi connectivity index (χ3v) is 9.99. The summed E-state index contributed by atoms with van der Waals surface area (Å²) in [6.07, 6.45) is 11.8. The van der Waals surface area contributed by atoms with Crippen LogP contribution in [0.3, 0.4) is 0 Å². The van der Waals surface area contributed by atoms with Crippen molar-refractivity contribution >= 4 is 22.1 Å². The van der Waals surface area contributed by atoms with Crippen molar-refractivity contribution in [2.45, 2.75) is 78.4 Å². The highest BCUT2D eigenvalue weighted by Crippen LogP contribution is 2.53. The Morgan fingerprint density at radius 2 is 1.44 bits per heavy atom. The fraction of sp³-hybridized carbons (Fsp3) is 0.857. The van der Waals surface area contributed by atoms with E-state index in [0.29, 0.717) is 59.1 Å². The van der Waals surface area contributed by atoms with Crippen molar-refractivity contribution in [1.29, 1.82) is 0 Å². The highest BCUT2D eigenvalue weighted by molar-refractivity contribution is 8.29. The maximum Gasteiger partial charge on any atom is 0.306 e. The predicted octanol–water partition coefficient (Wildman–Crippen LogP) is 5.74. The lowest BCUT2D eigenvalue weighted by Gasteiger charge is -2.43. The molecule has 0 saturated heterocycles. The number of hydrogen-bond acceptors (Lipinski definition) is 7. The van der Waals surface area contributed by atoms with Gasteiger partial charge in [0.05, 0.1) is 46.2 Å². The Morgan fingerprint density at radius 1 is 0.917 bits per heavy atom. The molecule has 1 aliphatic carbocycles. The Balaban J connectivity index is 0.00000596. The first kappa shape index (κ1) is 35.1. The Morgan fingerprint density at radius 3 is 1.97 bits per heavy atom. The number of ether oxygens (including phenoxy) is 4. The van der Waals surface area contributed by atoms with Crippen LogP contribution >= 0.6 is 10.3 Å². The number of esters is 1. The zero-order chi connectivity index (χ0) is 27.5. The van der Waals surface area contributed by atoms with Gasteiger partial charge in [-0.2, -0.15) is 0 Å². The maximum absolute atomic E-state index is 12.1. The predicted molar refractivity (Wildman–Crippen MR) is 150 cm³/mol. The lowest BCUT2D eigenvalue weighted by Crippen LogP contribution is -2.26. The van der Waals surface area contributed by atoms with Gasteiger partial charge in [0.2, 0.25) is 0 Å². The average molecular weight is 535 g/mol. The summed E-state index contributed by atoms with van der Waals surface area (Å²) in [7, 11) is -1.11. The van der Waals surface area contributed by atoms with Crippen LogP contribution in [0.2, 0.25) is 0 Å². The Bertz CT molecular complexity index is 614. The summed E-state index contributed by atoms with van der Waals surface area (Å²) in [5.41, 5.74) is 0. The van der Waals surface area contributed by atoms with E-state index in [0.717, 1.165) is 19.3 Å². The van der Waals surface area contributed by atoms with Crippen molar-refractivity contribution in [1.82, 2.24) is 0 Å². The van der Waals surface area contributed by atoms with Crippen molar-refractivity contribution in [2.24, 2.45) is 11.8 Å². The molecule has 0 N–H and O–H groups in total. The molecule has 214 valence electrons. The average Bonchev–Trinajstić information content (AvgIpc) is 3.16. The molecule has 36 heavy (non-hydrogen) atoms. The van der Waals surface area contributed by atoms with Crippen LogP contribution in [0.5, 0.6) is 0 Å². The van der Waals surface area contributed by atoms with Gasteiger partial charge >= 0.3 is 5.97 Å². The minimum Gasteiger partial charge on any atom is -0.463 e. The lowest BCUT2D eigenvalue weighted by molar-refractivity contribution is -0.146. The molecule has 0 spiro atoms. The van der Waals surface area contributed by atoms with E-state index in [4.69, 9.17) is 23.1 Å². The number of ketones is 1. The molecular formula is C28H54O7S. The van der Waals surface area contributed by atoms with Crippen molar-refractivity contribution in [2.75, 3.05) is 65.4 Å². The van der Waals surface area contributed by atoms with Gasteiger partial charge in [-0.25, -0.2) is 0 Å². The molecule has 1 rings (SSSR count). The first-order valence-electron chi connectivity index (χ1n) is 13.5. The molecule has 1 saturated carbocycles. The normalized spacial score (nSPS) is 18.8. The fourth-order valence-corrected chi connectivity index (χ4v) is 4.30. The zero-order valence-corrected chi connectivity index (χ0v) is 25.1. The molecule has 2 unspecified atom stereocenters. The van der Waals surface area contributed by atoms with Gasteiger partial charge in [-0.3, -0.25) is 9.59 Å². The van der Waals surface area contributed by atoms with E-state index in [9.17, 15) is 9.59 Å². The minimum atomic E-state index is -1.11. The van der Waals surface area contributed by atoms with E-state index in [1.807, 2.05) is 13.8 Å². The van der Waals surface area contributed by atoms with Crippen LogP contribution < -0.4 is 0 Å². The highest BCUT2D eigenvalue weighted by atomic mass is 32.3. The largest absolute Gasteiger partial charge is 0.463 e. The second-order valence-electron chi connectivity index (χ2n) is 9.92. The van der Waals surface area contributed by atoms with Crippen LogP contribution in [0.4, 0.5) is 0 Å². The summed E-state index contributed by atoms with van der Waals surface area (Å²) in [5, 5.41) is 0. The topological polar surface area (TPSA) is 80.3 Å². The molecule has 8 heteroatoms. The molecule has 0 aromatic rings. The molecular weight excluding hydrogens is 480 g/mol. The Labute approximate surface area is 222 Å². The Kier molecular flexibility index (Phi) is 19.6. The van der Waals surface area contributed by atoms with Crippen LogP contribution in [0, 0.1) is 11.8 Å². The molecule has 1 fully saturated rings. The van der Waals surface area contributed by atoms with Crippen LogP contribution in [-0.4, -0.2) is 81.9 Å². The minimum absolute atomic E-state index is 0.0447. The van der Waals surface area contributed by atoms with Crippen LogP contribution in [0.1, 0.15) is 73.6 Å². The Hall–Kier alpha value is -0.930. The standard InChI is InChI=1S/C26H48O7S.C2H6/c1-7-8-9-10-23-22(11-12-24(23)27)21-25(28)32-19-17-30-15-13-29-14-16-31-18-20-33-34(5,6)26(2,3)4;1-2/h8-9,22-23H,7,10-21H2,1-6H3;1-2H3/b9-8-;. The summed E-state index contributed by atoms with van der Waals surface area (Å²) >= 11 is 0.